The first-order chi connectivity index (χ1) is 9.24. The smallest absolute Gasteiger partial charge is 0.277 e. The number of anilines is 1. The third kappa shape index (κ3) is 2.32. The zero-order chi connectivity index (χ0) is 13.2. The quantitative estimate of drug-likeness (QED) is 0.760. The lowest BCUT2D eigenvalue weighted by Crippen LogP contribution is -2.12. The van der Waals surface area contributed by atoms with E-state index in [1.807, 2.05) is 18.2 Å². The minimum Gasteiger partial charge on any atom is -0.319 e. The number of nitrogens with one attached hydrogen (secondary N) is 2. The zero-order valence-corrected chi connectivity index (χ0v) is 11.2. The number of halogens is 1. The second-order valence-electron chi connectivity index (χ2n) is 3.84. The number of nitrogens with zero attached hydrogens (tertiary/aromatic N) is 3. The van der Waals surface area contributed by atoms with Crippen molar-refractivity contribution in [2.45, 2.75) is 0 Å². The highest BCUT2D eigenvalue weighted by Crippen LogP contribution is 2.24. The first-order valence-corrected chi connectivity index (χ1v) is 6.25. The molecular formula is C12H8BrN5O. The summed E-state index contributed by atoms with van der Waals surface area (Å²) in [4.78, 5) is 16.2. The third-order valence-corrected chi connectivity index (χ3v) is 3.01. The van der Waals surface area contributed by atoms with Crippen molar-refractivity contribution in [3.63, 3.8) is 0 Å². The maximum absolute atomic E-state index is 11.9. The van der Waals surface area contributed by atoms with E-state index in [4.69, 9.17) is 0 Å². The van der Waals surface area contributed by atoms with Crippen molar-refractivity contribution >= 4 is 38.4 Å². The van der Waals surface area contributed by atoms with Crippen molar-refractivity contribution in [1.29, 1.82) is 0 Å². The van der Waals surface area contributed by atoms with Crippen LogP contribution in [-0.4, -0.2) is 26.3 Å². The van der Waals surface area contributed by atoms with Crippen LogP contribution in [0.4, 0.5) is 5.69 Å². The van der Waals surface area contributed by atoms with Gasteiger partial charge in [0.05, 0.1) is 17.4 Å². The average Bonchev–Trinajstić information content (AvgIpc) is 2.92. The standard InChI is InChI=1S/C12H8BrN5O/c13-8-4-7-2-1-3-9(11(7)14-5-8)16-12(19)10-6-15-18-17-10/h1-6H,(H,16,19)(H,15,17,18). The van der Waals surface area contributed by atoms with Gasteiger partial charge in [-0.3, -0.25) is 9.78 Å². The largest absolute Gasteiger partial charge is 0.319 e. The van der Waals surface area contributed by atoms with Gasteiger partial charge in [0, 0.05) is 16.1 Å². The van der Waals surface area contributed by atoms with E-state index < -0.39 is 0 Å². The number of para-hydroxylation sites is 1. The summed E-state index contributed by atoms with van der Waals surface area (Å²) in [6, 6.07) is 7.52. The Morgan fingerprint density at radius 1 is 1.32 bits per heavy atom. The van der Waals surface area contributed by atoms with Crippen molar-refractivity contribution < 1.29 is 4.79 Å². The highest BCUT2D eigenvalue weighted by molar-refractivity contribution is 9.10. The van der Waals surface area contributed by atoms with Gasteiger partial charge in [-0.25, -0.2) is 0 Å². The lowest BCUT2D eigenvalue weighted by molar-refractivity contribution is 0.102. The van der Waals surface area contributed by atoms with E-state index in [0.29, 0.717) is 5.69 Å². The van der Waals surface area contributed by atoms with Crippen LogP contribution in [0.3, 0.4) is 0 Å². The Labute approximate surface area is 116 Å². The van der Waals surface area contributed by atoms with Crippen molar-refractivity contribution in [2.24, 2.45) is 0 Å². The number of aromatic amines is 1. The Balaban J connectivity index is 1.99. The van der Waals surface area contributed by atoms with Crippen LogP contribution in [0.2, 0.25) is 0 Å². The molecule has 6 nitrogen and oxygen atoms in total. The number of hydrogen-bond acceptors (Lipinski definition) is 4. The Hall–Kier alpha value is -2.28. The van der Waals surface area contributed by atoms with Gasteiger partial charge in [-0.15, -0.1) is 0 Å². The summed E-state index contributed by atoms with van der Waals surface area (Å²) in [7, 11) is 0. The van der Waals surface area contributed by atoms with E-state index in [1.165, 1.54) is 6.20 Å². The topological polar surface area (TPSA) is 83.6 Å². The molecule has 0 radical (unpaired) electrons. The molecular weight excluding hydrogens is 310 g/mol. The van der Waals surface area contributed by atoms with Crippen LogP contribution in [-0.2, 0) is 0 Å². The lowest BCUT2D eigenvalue weighted by Gasteiger charge is -2.06. The molecule has 0 spiro atoms. The molecule has 0 aliphatic rings. The number of hydrogen-bond donors (Lipinski definition) is 2. The Kier molecular flexibility index (Phi) is 2.96. The second kappa shape index (κ2) is 4.77. The number of carbonyl (C=O) groups excluding carboxylic acids is 1. The molecule has 0 fully saturated rings. The van der Waals surface area contributed by atoms with E-state index in [-0.39, 0.29) is 11.6 Å². The van der Waals surface area contributed by atoms with Crippen LogP contribution in [0.5, 0.6) is 0 Å². The summed E-state index contributed by atoms with van der Waals surface area (Å²) in [5.74, 6) is -0.328. The number of rotatable bonds is 2. The van der Waals surface area contributed by atoms with Gasteiger partial charge in [0.15, 0.2) is 5.69 Å². The highest BCUT2D eigenvalue weighted by atomic mass is 79.9. The molecule has 0 saturated heterocycles. The van der Waals surface area contributed by atoms with Crippen molar-refractivity contribution in [2.75, 3.05) is 5.32 Å². The van der Waals surface area contributed by atoms with E-state index >= 15 is 0 Å². The van der Waals surface area contributed by atoms with Gasteiger partial charge >= 0.3 is 0 Å². The summed E-state index contributed by atoms with van der Waals surface area (Å²) < 4.78 is 0.889. The number of benzene rings is 1. The fourth-order valence-corrected chi connectivity index (χ4v) is 2.08. The molecule has 19 heavy (non-hydrogen) atoms. The van der Waals surface area contributed by atoms with Crippen molar-refractivity contribution in [1.82, 2.24) is 20.4 Å². The predicted octanol–water partition coefficient (Wildman–Crippen LogP) is 2.37. The van der Waals surface area contributed by atoms with Crippen LogP contribution in [0, 0.1) is 0 Å². The number of H-pyrrole nitrogens is 1. The molecule has 2 heterocycles. The van der Waals surface area contributed by atoms with E-state index in [9.17, 15) is 4.79 Å². The van der Waals surface area contributed by atoms with Crippen molar-refractivity contribution in [3.8, 4) is 0 Å². The fraction of sp³-hybridized carbons (Fsp3) is 0. The third-order valence-electron chi connectivity index (χ3n) is 2.57. The van der Waals surface area contributed by atoms with Gasteiger partial charge < -0.3 is 5.32 Å². The van der Waals surface area contributed by atoms with Gasteiger partial charge in [0.1, 0.15) is 0 Å². The van der Waals surface area contributed by atoms with E-state index in [1.54, 1.807) is 12.3 Å². The van der Waals surface area contributed by atoms with Gasteiger partial charge in [-0.2, -0.15) is 15.4 Å². The number of fused-ring (bicyclic) bond motifs is 1. The van der Waals surface area contributed by atoms with Crippen molar-refractivity contribution in [3.05, 3.63) is 46.8 Å². The Morgan fingerprint density at radius 2 is 2.21 bits per heavy atom. The van der Waals surface area contributed by atoms with Crippen LogP contribution in [0.15, 0.2) is 41.1 Å². The monoisotopic (exact) mass is 317 g/mol. The maximum Gasteiger partial charge on any atom is 0.277 e. The number of amides is 1. The molecule has 0 atom stereocenters. The summed E-state index contributed by atoms with van der Waals surface area (Å²) in [5.41, 5.74) is 1.59. The Bertz CT molecular complexity index is 741. The number of aromatic nitrogens is 4. The predicted molar refractivity (Wildman–Crippen MR) is 73.8 cm³/mol. The molecule has 1 amide bonds. The van der Waals surface area contributed by atoms with Gasteiger partial charge in [0.2, 0.25) is 0 Å². The second-order valence-corrected chi connectivity index (χ2v) is 4.76. The fourth-order valence-electron chi connectivity index (χ4n) is 1.73. The van der Waals surface area contributed by atoms with Gasteiger partial charge in [0.25, 0.3) is 5.91 Å². The molecule has 7 heteroatoms. The molecule has 94 valence electrons. The highest BCUT2D eigenvalue weighted by Gasteiger charge is 2.11. The molecule has 0 bridgehead atoms. The lowest BCUT2D eigenvalue weighted by atomic mass is 10.2. The van der Waals surface area contributed by atoms with Crippen LogP contribution < -0.4 is 5.32 Å². The van der Waals surface area contributed by atoms with Crippen LogP contribution in [0.25, 0.3) is 10.9 Å². The number of pyridine rings is 1. The molecule has 0 unspecified atom stereocenters. The Morgan fingerprint density at radius 3 is 3.00 bits per heavy atom. The van der Waals surface area contributed by atoms with E-state index in [2.05, 4.69) is 41.6 Å². The molecule has 0 saturated carbocycles. The molecule has 0 aliphatic carbocycles. The maximum atomic E-state index is 11.9. The first-order valence-electron chi connectivity index (χ1n) is 5.45. The number of carbonyl (C=O) groups is 1. The molecule has 0 aliphatic heterocycles. The van der Waals surface area contributed by atoms with Crippen LogP contribution in [0.1, 0.15) is 10.5 Å². The minimum atomic E-state index is -0.328. The van der Waals surface area contributed by atoms with Gasteiger partial charge in [-0.05, 0) is 28.1 Å². The zero-order valence-electron chi connectivity index (χ0n) is 9.59. The molecule has 1 aromatic carbocycles. The summed E-state index contributed by atoms with van der Waals surface area (Å²) in [6.45, 7) is 0. The average molecular weight is 318 g/mol. The van der Waals surface area contributed by atoms with Crippen LogP contribution >= 0.6 is 15.9 Å². The molecule has 3 aromatic rings. The first kappa shape index (κ1) is 11.8. The summed E-state index contributed by atoms with van der Waals surface area (Å²) in [6.07, 6.45) is 3.05. The van der Waals surface area contributed by atoms with E-state index in [0.717, 1.165) is 15.4 Å². The van der Waals surface area contributed by atoms with Gasteiger partial charge in [-0.1, -0.05) is 12.1 Å². The minimum absolute atomic E-state index is 0.231. The normalized spacial score (nSPS) is 10.6. The molecule has 2 N–H and O–H groups in total. The SMILES string of the molecule is O=C(Nc1cccc2cc(Br)cnc12)c1cn[nH]n1. The summed E-state index contributed by atoms with van der Waals surface area (Å²) in [5, 5.41) is 13.4. The summed E-state index contributed by atoms with van der Waals surface area (Å²) >= 11 is 3.37. The molecule has 3 rings (SSSR count). The molecule has 2 aromatic heterocycles.